The summed E-state index contributed by atoms with van der Waals surface area (Å²) >= 11 is 0. The molecule has 4 rings (SSSR count). The zero-order valence-corrected chi connectivity index (χ0v) is 25.1. The van der Waals surface area contributed by atoms with Crippen molar-refractivity contribution in [1.82, 2.24) is 15.1 Å². The van der Waals surface area contributed by atoms with E-state index < -0.39 is 41.7 Å². The first-order valence-corrected chi connectivity index (χ1v) is 15.4. The number of benzene rings is 1. The largest absolute Gasteiger partial charge is 0.460 e. The van der Waals surface area contributed by atoms with E-state index in [0.717, 1.165) is 5.56 Å². The zero-order valence-electron chi connectivity index (χ0n) is 25.1. The Hall–Kier alpha value is -3.50. The summed E-state index contributed by atoms with van der Waals surface area (Å²) in [4.78, 5) is 57.4. The van der Waals surface area contributed by atoms with E-state index in [1.165, 1.54) is 0 Å². The van der Waals surface area contributed by atoms with E-state index in [4.69, 9.17) is 9.47 Å². The van der Waals surface area contributed by atoms with Crippen LogP contribution in [0.2, 0.25) is 0 Å². The van der Waals surface area contributed by atoms with Gasteiger partial charge in [0.15, 0.2) is 0 Å². The SMILES string of the molecule is C=CCCC(=O)NC[C@H](C)OC(=O)[C@@H]1[C@@H]2CC[C@]3(O2)[C@H](C(=O)N(CC=C)Cc2ccccc2)N(CCCCCO)C(=O)[C@@H]13. The molecule has 10 heteroatoms. The summed E-state index contributed by atoms with van der Waals surface area (Å²) in [6.45, 7) is 10.3. The predicted molar refractivity (Wildman–Crippen MR) is 160 cm³/mol. The van der Waals surface area contributed by atoms with Gasteiger partial charge in [-0.15, -0.1) is 13.2 Å². The highest BCUT2D eigenvalue weighted by atomic mass is 16.6. The van der Waals surface area contributed by atoms with E-state index in [-0.39, 0.29) is 30.9 Å². The van der Waals surface area contributed by atoms with Crippen molar-refractivity contribution in [2.24, 2.45) is 11.8 Å². The first-order valence-electron chi connectivity index (χ1n) is 15.4. The van der Waals surface area contributed by atoms with Gasteiger partial charge in [-0.25, -0.2) is 0 Å². The lowest BCUT2D eigenvalue weighted by atomic mass is 9.70. The fourth-order valence-corrected chi connectivity index (χ4v) is 6.77. The number of esters is 1. The van der Waals surface area contributed by atoms with Gasteiger partial charge in [0.25, 0.3) is 0 Å². The molecule has 43 heavy (non-hydrogen) atoms. The number of carbonyl (C=O) groups excluding carboxylic acids is 4. The number of nitrogens with zero attached hydrogens (tertiary/aromatic N) is 2. The molecule has 1 spiro atoms. The Kier molecular flexibility index (Phi) is 11.2. The minimum atomic E-state index is -1.13. The molecule has 3 aliphatic heterocycles. The van der Waals surface area contributed by atoms with Crippen LogP contribution in [0.3, 0.4) is 0 Å². The van der Waals surface area contributed by atoms with Gasteiger partial charge in [0.1, 0.15) is 17.7 Å². The molecular formula is C33H45N3O7. The molecular weight excluding hydrogens is 550 g/mol. The van der Waals surface area contributed by atoms with Crippen molar-refractivity contribution in [2.45, 2.75) is 82.3 Å². The number of nitrogens with one attached hydrogen (secondary N) is 1. The van der Waals surface area contributed by atoms with E-state index in [9.17, 15) is 24.3 Å². The summed E-state index contributed by atoms with van der Waals surface area (Å²) in [5.41, 5.74) is -0.174. The maximum absolute atomic E-state index is 14.4. The molecule has 1 aromatic carbocycles. The van der Waals surface area contributed by atoms with Crippen molar-refractivity contribution in [2.75, 3.05) is 26.2 Å². The molecule has 2 bridgehead atoms. The Morgan fingerprint density at radius 2 is 1.98 bits per heavy atom. The average Bonchev–Trinajstić information content (AvgIpc) is 3.64. The number of likely N-dealkylation sites (tertiary alicyclic amines) is 1. The number of rotatable bonds is 17. The molecule has 3 fully saturated rings. The van der Waals surface area contributed by atoms with Gasteiger partial charge in [-0.3, -0.25) is 19.2 Å². The van der Waals surface area contributed by atoms with Gasteiger partial charge in [-0.2, -0.15) is 0 Å². The zero-order chi connectivity index (χ0) is 31.0. The highest BCUT2D eigenvalue weighted by Gasteiger charge is 2.75. The summed E-state index contributed by atoms with van der Waals surface area (Å²) in [5, 5.41) is 12.0. The molecule has 0 radical (unpaired) electrons. The van der Waals surface area contributed by atoms with Crippen molar-refractivity contribution >= 4 is 23.7 Å². The topological polar surface area (TPSA) is 125 Å². The van der Waals surface area contributed by atoms with Gasteiger partial charge < -0.3 is 29.7 Å². The Morgan fingerprint density at radius 1 is 1.21 bits per heavy atom. The first kappa shape index (κ1) is 32.4. The molecule has 1 aromatic rings. The Balaban J connectivity index is 1.56. The Labute approximate surface area is 254 Å². The van der Waals surface area contributed by atoms with Crippen LogP contribution in [0.1, 0.15) is 57.4 Å². The summed E-state index contributed by atoms with van der Waals surface area (Å²) in [7, 11) is 0. The van der Waals surface area contributed by atoms with E-state index >= 15 is 0 Å². The van der Waals surface area contributed by atoms with Gasteiger partial charge in [-0.05, 0) is 51.0 Å². The summed E-state index contributed by atoms with van der Waals surface area (Å²) < 4.78 is 12.3. The second-order valence-electron chi connectivity index (χ2n) is 11.7. The van der Waals surface area contributed by atoms with Crippen LogP contribution in [-0.2, 0) is 35.2 Å². The Bertz CT molecular complexity index is 1170. The molecule has 3 aliphatic rings. The molecule has 3 heterocycles. The standard InChI is InChI=1S/C33H45N3O7/c1-4-6-15-26(38)34-21-23(3)42-32(41)27-25-16-17-33(43-25)28(27)30(39)36(19-11-8-12-20-37)29(33)31(40)35(18-5-2)22-24-13-9-7-10-14-24/h4-5,7,9-10,13-14,23,25,27-29,37H,1-2,6,8,11-12,15-22H2,3H3,(H,34,38)/t23-,25-,27+,28+,29-,33+/m0/s1. The van der Waals surface area contributed by atoms with Gasteiger partial charge in [0.2, 0.25) is 17.7 Å². The second-order valence-corrected chi connectivity index (χ2v) is 11.7. The molecule has 0 saturated carbocycles. The number of amides is 3. The molecule has 10 nitrogen and oxygen atoms in total. The highest BCUT2D eigenvalue weighted by Crippen LogP contribution is 2.59. The highest BCUT2D eigenvalue weighted by molar-refractivity contribution is 5.98. The van der Waals surface area contributed by atoms with Crippen LogP contribution < -0.4 is 5.32 Å². The van der Waals surface area contributed by atoms with Crippen LogP contribution in [0, 0.1) is 11.8 Å². The van der Waals surface area contributed by atoms with Crippen LogP contribution in [0.25, 0.3) is 0 Å². The maximum atomic E-state index is 14.4. The summed E-state index contributed by atoms with van der Waals surface area (Å²) in [6, 6.07) is 8.76. The smallest absolute Gasteiger partial charge is 0.312 e. The third-order valence-electron chi connectivity index (χ3n) is 8.72. The number of ether oxygens (including phenoxy) is 2. The molecule has 0 aliphatic carbocycles. The lowest BCUT2D eigenvalue weighted by Gasteiger charge is -2.37. The molecule has 6 atom stereocenters. The van der Waals surface area contributed by atoms with Gasteiger partial charge in [-0.1, -0.05) is 42.5 Å². The normalized spacial score (nSPS) is 26.1. The van der Waals surface area contributed by atoms with Crippen molar-refractivity contribution in [3.8, 4) is 0 Å². The summed E-state index contributed by atoms with van der Waals surface area (Å²) in [6.07, 6.45) is 6.00. The number of carbonyl (C=O) groups is 4. The van der Waals surface area contributed by atoms with E-state index in [1.54, 1.807) is 28.9 Å². The quantitative estimate of drug-likeness (QED) is 0.161. The minimum Gasteiger partial charge on any atom is -0.460 e. The number of hydrogen-bond acceptors (Lipinski definition) is 7. The van der Waals surface area contributed by atoms with Crippen molar-refractivity contribution < 1.29 is 33.8 Å². The molecule has 234 valence electrons. The average molecular weight is 596 g/mol. The van der Waals surface area contributed by atoms with Crippen molar-refractivity contribution in [1.29, 1.82) is 0 Å². The number of aliphatic hydroxyl groups excluding tert-OH is 1. The number of allylic oxidation sites excluding steroid dienone is 1. The number of unbranched alkanes of at least 4 members (excludes halogenated alkanes) is 2. The number of fused-ring (bicyclic) bond motifs is 1. The molecule has 3 amide bonds. The fraction of sp³-hybridized carbons (Fsp3) is 0.576. The lowest BCUT2D eigenvalue weighted by Crippen LogP contribution is -2.56. The Morgan fingerprint density at radius 3 is 2.67 bits per heavy atom. The fourth-order valence-electron chi connectivity index (χ4n) is 6.77. The molecule has 0 unspecified atom stereocenters. The van der Waals surface area contributed by atoms with Gasteiger partial charge in [0.05, 0.1) is 24.5 Å². The minimum absolute atomic E-state index is 0.0542. The number of aliphatic hydroxyl groups is 1. The maximum Gasteiger partial charge on any atom is 0.312 e. The first-order chi connectivity index (χ1) is 20.8. The van der Waals surface area contributed by atoms with Gasteiger partial charge >= 0.3 is 5.97 Å². The molecule has 0 aromatic heterocycles. The van der Waals surface area contributed by atoms with Crippen molar-refractivity contribution in [3.05, 3.63) is 61.2 Å². The van der Waals surface area contributed by atoms with Gasteiger partial charge in [0, 0.05) is 32.7 Å². The van der Waals surface area contributed by atoms with E-state index in [1.807, 2.05) is 30.3 Å². The third-order valence-corrected chi connectivity index (χ3v) is 8.72. The van der Waals surface area contributed by atoms with Crippen molar-refractivity contribution in [3.63, 3.8) is 0 Å². The van der Waals surface area contributed by atoms with Crippen LogP contribution in [0.4, 0.5) is 0 Å². The van der Waals surface area contributed by atoms with E-state index in [0.29, 0.717) is 64.6 Å². The summed E-state index contributed by atoms with van der Waals surface area (Å²) in [5.74, 6) is -2.86. The second kappa shape index (κ2) is 14.8. The predicted octanol–water partition coefficient (Wildman–Crippen LogP) is 2.75. The lowest BCUT2D eigenvalue weighted by molar-refractivity contribution is -0.159. The monoisotopic (exact) mass is 595 g/mol. The van der Waals surface area contributed by atoms with Crippen LogP contribution in [0.15, 0.2) is 55.6 Å². The third kappa shape index (κ3) is 7.02. The molecule has 3 saturated heterocycles. The van der Waals surface area contributed by atoms with Crippen LogP contribution in [-0.4, -0.2) is 88.7 Å². The van der Waals surface area contributed by atoms with E-state index in [2.05, 4.69) is 18.5 Å². The molecule has 2 N–H and O–H groups in total. The van der Waals surface area contributed by atoms with Crippen LogP contribution >= 0.6 is 0 Å². The van der Waals surface area contributed by atoms with Crippen LogP contribution in [0.5, 0.6) is 0 Å². The number of hydrogen-bond donors (Lipinski definition) is 2.